The molecule has 2 aliphatic rings. The molecular formula is C14H26O22S4. The molecule has 5 unspecified atom stereocenters. The number of aliphatic hydroxyl groups is 2. The summed E-state index contributed by atoms with van der Waals surface area (Å²) in [4.78, 5) is 0. The first kappa shape index (κ1) is 35.4. The van der Waals surface area contributed by atoms with Gasteiger partial charge in [0.05, 0.1) is 19.3 Å². The summed E-state index contributed by atoms with van der Waals surface area (Å²) in [6, 6.07) is 0. The molecule has 0 aromatic rings. The van der Waals surface area contributed by atoms with Crippen molar-refractivity contribution in [2.24, 2.45) is 0 Å². The van der Waals surface area contributed by atoms with Crippen LogP contribution in [-0.4, -0.2) is 144 Å². The van der Waals surface area contributed by atoms with Gasteiger partial charge in [-0.15, -0.1) is 0 Å². The molecule has 2 fully saturated rings. The summed E-state index contributed by atoms with van der Waals surface area (Å²) >= 11 is 0. The van der Waals surface area contributed by atoms with E-state index in [-0.39, 0.29) is 0 Å². The van der Waals surface area contributed by atoms with Crippen LogP contribution in [0.2, 0.25) is 0 Å². The highest BCUT2D eigenvalue weighted by Gasteiger charge is 2.54. The molecule has 0 bridgehead atoms. The normalized spacial score (nSPS) is 36.4. The average Bonchev–Trinajstić information content (AvgIpc) is 2.75. The summed E-state index contributed by atoms with van der Waals surface area (Å²) in [5.41, 5.74) is 0. The molecular weight excluding hydrogens is 648 g/mol. The van der Waals surface area contributed by atoms with Gasteiger partial charge in [0.15, 0.2) is 12.4 Å². The van der Waals surface area contributed by atoms with Gasteiger partial charge in [-0.1, -0.05) is 0 Å². The number of aliphatic hydroxyl groups excluding tert-OH is 2. The lowest BCUT2D eigenvalue weighted by Gasteiger charge is -2.47. The molecule has 2 rings (SSSR count). The van der Waals surface area contributed by atoms with Crippen molar-refractivity contribution < 1.29 is 97.8 Å². The molecule has 0 radical (unpaired) electrons. The van der Waals surface area contributed by atoms with Crippen LogP contribution in [0, 0.1) is 0 Å². The van der Waals surface area contributed by atoms with Crippen molar-refractivity contribution in [3.63, 3.8) is 0 Å². The number of ether oxygens (including phenoxy) is 4. The fourth-order valence-corrected chi connectivity index (χ4v) is 5.48. The van der Waals surface area contributed by atoms with Gasteiger partial charge < -0.3 is 29.2 Å². The van der Waals surface area contributed by atoms with E-state index in [0.717, 1.165) is 14.0 Å². The quantitative estimate of drug-likeness (QED) is 0.100. The Kier molecular flexibility index (Phi) is 11.7. The summed E-state index contributed by atoms with van der Waals surface area (Å²) in [6.45, 7) is -1.18. The molecule has 2 saturated heterocycles. The molecule has 0 aliphatic carbocycles. The van der Waals surface area contributed by atoms with Crippen molar-refractivity contribution in [1.82, 2.24) is 0 Å². The monoisotopic (exact) mass is 674 g/mol. The van der Waals surface area contributed by atoms with Gasteiger partial charge in [0.1, 0.15) is 42.7 Å². The molecule has 0 amide bonds. The largest absolute Gasteiger partial charge is 0.397 e. The molecule has 0 aromatic heterocycles. The van der Waals surface area contributed by atoms with Crippen LogP contribution in [0.3, 0.4) is 0 Å². The first-order valence-electron chi connectivity index (χ1n) is 10.4. The number of rotatable bonds is 13. The van der Waals surface area contributed by atoms with Crippen LogP contribution in [0.4, 0.5) is 0 Å². The summed E-state index contributed by atoms with van der Waals surface area (Å²) in [6.07, 6.45) is -19.8. The van der Waals surface area contributed by atoms with Crippen LogP contribution in [0.1, 0.15) is 6.92 Å². The highest BCUT2D eigenvalue weighted by Crippen LogP contribution is 2.33. The van der Waals surface area contributed by atoms with Gasteiger partial charge in [-0.25, -0.2) is 16.7 Å². The van der Waals surface area contributed by atoms with Gasteiger partial charge in [-0.2, -0.15) is 33.7 Å². The molecule has 0 aromatic carbocycles. The minimum atomic E-state index is -5.43. The predicted octanol–water partition coefficient (Wildman–Crippen LogP) is -4.36. The summed E-state index contributed by atoms with van der Waals surface area (Å²) < 4.78 is 164. The number of methoxy groups -OCH3 is 1. The molecule has 10 atom stereocenters. The van der Waals surface area contributed by atoms with Crippen LogP contribution >= 0.6 is 0 Å². The third-order valence-corrected chi connectivity index (χ3v) is 7.10. The van der Waals surface area contributed by atoms with E-state index in [0.29, 0.717) is 0 Å². The standard InChI is InChI=1S/C14H26O22S4/c1-5-10(35-39(23,24)25)8(15)12(7(32-5)4-31-38(20,21)22)34-14-13(36-40(26,27)28)9(16)11(29-2)6(33-14)3-30-37(17,18)19/h5-16H,3-4H2,1-2H3,(H,17,18,19)(H,20,21,22)(H,23,24,25)(H,26,27,28)/t5-,6?,7?,8?,9?,10?,11+,12+,13-,14-/m0/s1. The zero-order chi connectivity index (χ0) is 30.8. The molecule has 6 N–H and O–H groups in total. The topological polar surface area (TPSA) is 332 Å². The lowest BCUT2D eigenvalue weighted by Crippen LogP contribution is -2.65. The van der Waals surface area contributed by atoms with Gasteiger partial charge in [-0.3, -0.25) is 18.2 Å². The van der Waals surface area contributed by atoms with E-state index < -0.39 is 116 Å². The fraction of sp³-hybridized carbons (Fsp3) is 1.00. The molecule has 238 valence electrons. The highest BCUT2D eigenvalue weighted by molar-refractivity contribution is 7.81. The summed E-state index contributed by atoms with van der Waals surface area (Å²) in [5, 5.41) is 21.5. The maximum Gasteiger partial charge on any atom is 0.397 e. The molecule has 2 aliphatic heterocycles. The maximum atomic E-state index is 11.4. The minimum Gasteiger partial charge on any atom is -0.387 e. The highest BCUT2D eigenvalue weighted by atomic mass is 32.3. The summed E-state index contributed by atoms with van der Waals surface area (Å²) in [5.74, 6) is 0. The first-order valence-corrected chi connectivity index (χ1v) is 15.9. The van der Waals surface area contributed by atoms with Crippen LogP contribution in [0.15, 0.2) is 0 Å². The van der Waals surface area contributed by atoms with E-state index in [2.05, 4.69) is 16.7 Å². The Bertz CT molecular complexity index is 1270. The van der Waals surface area contributed by atoms with E-state index in [1.54, 1.807) is 0 Å². The Morgan fingerprint density at radius 3 is 1.48 bits per heavy atom. The van der Waals surface area contributed by atoms with Crippen LogP contribution in [0.25, 0.3) is 0 Å². The average molecular weight is 675 g/mol. The van der Waals surface area contributed by atoms with E-state index in [1.807, 2.05) is 0 Å². The van der Waals surface area contributed by atoms with Crippen molar-refractivity contribution in [3.8, 4) is 0 Å². The van der Waals surface area contributed by atoms with Crippen molar-refractivity contribution in [2.45, 2.75) is 68.1 Å². The zero-order valence-electron chi connectivity index (χ0n) is 20.0. The van der Waals surface area contributed by atoms with E-state index in [1.165, 1.54) is 0 Å². The van der Waals surface area contributed by atoms with Gasteiger partial charge in [0, 0.05) is 7.11 Å². The first-order chi connectivity index (χ1) is 18.0. The second-order valence-corrected chi connectivity index (χ2v) is 12.4. The smallest absolute Gasteiger partial charge is 0.387 e. The zero-order valence-corrected chi connectivity index (χ0v) is 23.3. The van der Waals surface area contributed by atoms with E-state index in [4.69, 9.17) is 32.6 Å². The SMILES string of the molecule is CO[C@@H]1C(COS(=O)(=O)O)O[C@@H](O[C@@H]2C(COS(=O)(=O)O)O[C@@H](C)C(OS(=O)(=O)O)C2O)[C@@H](OS(=O)(=O)O)C1O. The van der Waals surface area contributed by atoms with Crippen molar-refractivity contribution in [3.05, 3.63) is 0 Å². The van der Waals surface area contributed by atoms with Gasteiger partial charge >= 0.3 is 41.6 Å². The molecule has 0 spiro atoms. The van der Waals surface area contributed by atoms with Crippen molar-refractivity contribution in [1.29, 1.82) is 0 Å². The lowest BCUT2D eigenvalue weighted by molar-refractivity contribution is -0.337. The lowest BCUT2D eigenvalue weighted by atomic mass is 9.95. The Labute approximate surface area is 227 Å². The Hall–Kier alpha value is -0.760. The molecule has 2 heterocycles. The van der Waals surface area contributed by atoms with Gasteiger partial charge in [0.25, 0.3) is 0 Å². The second kappa shape index (κ2) is 13.3. The third kappa shape index (κ3) is 10.8. The molecule has 0 saturated carbocycles. The number of hydrogen-bond acceptors (Lipinski definition) is 18. The third-order valence-electron chi connectivity index (χ3n) is 5.30. The van der Waals surface area contributed by atoms with Gasteiger partial charge in [0.2, 0.25) is 0 Å². The molecule has 22 nitrogen and oxygen atoms in total. The molecule has 26 heteroatoms. The summed E-state index contributed by atoms with van der Waals surface area (Å²) in [7, 11) is -20.0. The van der Waals surface area contributed by atoms with Crippen molar-refractivity contribution in [2.75, 3.05) is 20.3 Å². The van der Waals surface area contributed by atoms with Crippen LogP contribution < -0.4 is 0 Å². The van der Waals surface area contributed by atoms with Gasteiger partial charge in [-0.05, 0) is 6.92 Å². The Morgan fingerprint density at radius 1 is 0.625 bits per heavy atom. The molecule has 40 heavy (non-hydrogen) atoms. The fourth-order valence-electron chi connectivity index (χ4n) is 3.83. The maximum absolute atomic E-state index is 11.4. The van der Waals surface area contributed by atoms with Crippen LogP contribution in [0.5, 0.6) is 0 Å². The van der Waals surface area contributed by atoms with E-state index in [9.17, 15) is 48.4 Å². The Morgan fingerprint density at radius 2 is 1.05 bits per heavy atom. The van der Waals surface area contributed by atoms with Crippen molar-refractivity contribution >= 4 is 41.6 Å². The predicted molar refractivity (Wildman–Crippen MR) is 119 cm³/mol. The minimum absolute atomic E-state index is 0.934. The second-order valence-electron chi connectivity index (χ2n) is 8.11. The Balaban J connectivity index is 2.50. The van der Waals surface area contributed by atoms with Crippen LogP contribution in [-0.2, 0) is 77.3 Å². The number of hydrogen-bond donors (Lipinski definition) is 6. The van der Waals surface area contributed by atoms with E-state index >= 15 is 0 Å².